The molecule has 2 aromatic rings. The lowest BCUT2D eigenvalue weighted by Crippen LogP contribution is -2.53. The average molecular weight is 704 g/mol. The summed E-state index contributed by atoms with van der Waals surface area (Å²) in [7, 11) is 1.37. The van der Waals surface area contributed by atoms with E-state index in [9.17, 15) is 51.0 Å². The largest absolute Gasteiger partial charge is 0.497 e. The highest BCUT2D eigenvalue weighted by atomic mass is 35.5. The standard InChI is InChI=1S/C32H35ClF5N3O7/c1-17(2)22(26(44)32(37,38)29(47)39-16-31(34,35)36)14-24(43)25(18-7-9-21(48-3)10-8-18)41-27(45)23(15-42)40-28(46)30(11-12-30)19-5-4-6-20(33)13-19/h4-10,13,17,22-23,25,42H,11-12,14-16H2,1-3H3,(H,39,47)(H,40,46)(H,41,45)/t22-,23-,25-/m0/s1. The van der Waals surface area contributed by atoms with Gasteiger partial charge in [0.1, 0.15) is 24.4 Å². The molecule has 0 bridgehead atoms. The second kappa shape index (κ2) is 15.4. The number of Topliss-reactive ketones (excluding diaryl/α,β-unsaturated/α-hetero) is 2. The number of benzene rings is 2. The Morgan fingerprint density at radius 3 is 2.10 bits per heavy atom. The summed E-state index contributed by atoms with van der Waals surface area (Å²) < 4.78 is 72.2. The lowest BCUT2D eigenvalue weighted by molar-refractivity contribution is -0.167. The first-order valence-electron chi connectivity index (χ1n) is 14.8. The maximum absolute atomic E-state index is 14.8. The summed E-state index contributed by atoms with van der Waals surface area (Å²) in [5, 5.41) is 16.3. The van der Waals surface area contributed by atoms with E-state index < -0.39 is 90.3 Å². The molecule has 1 fully saturated rings. The third-order valence-electron chi connectivity index (χ3n) is 8.03. The molecule has 0 aliphatic heterocycles. The van der Waals surface area contributed by atoms with E-state index in [4.69, 9.17) is 16.3 Å². The van der Waals surface area contributed by atoms with Crippen LogP contribution in [0.25, 0.3) is 0 Å². The van der Waals surface area contributed by atoms with Crippen LogP contribution in [0.3, 0.4) is 0 Å². The van der Waals surface area contributed by atoms with Crippen LogP contribution >= 0.6 is 11.6 Å². The normalized spacial score (nSPS) is 15.9. The maximum atomic E-state index is 14.8. The summed E-state index contributed by atoms with van der Waals surface area (Å²) in [5.41, 5.74) is -0.282. The molecule has 0 unspecified atom stereocenters. The summed E-state index contributed by atoms with van der Waals surface area (Å²) in [6, 6.07) is 9.02. The van der Waals surface area contributed by atoms with Crippen LogP contribution in [0.15, 0.2) is 48.5 Å². The minimum Gasteiger partial charge on any atom is -0.497 e. The Balaban J connectivity index is 1.85. The van der Waals surface area contributed by atoms with E-state index in [1.807, 2.05) is 0 Å². The fraction of sp³-hybridized carbons (Fsp3) is 0.469. The summed E-state index contributed by atoms with van der Waals surface area (Å²) >= 11 is 6.08. The van der Waals surface area contributed by atoms with Gasteiger partial charge in [0.15, 0.2) is 5.78 Å². The fourth-order valence-electron chi connectivity index (χ4n) is 5.04. The van der Waals surface area contributed by atoms with Crippen LogP contribution in [0, 0.1) is 11.8 Å². The van der Waals surface area contributed by atoms with Crippen LogP contribution in [0.1, 0.15) is 50.3 Å². The molecule has 1 saturated carbocycles. The molecule has 16 heteroatoms. The number of hydrogen-bond donors (Lipinski definition) is 4. The van der Waals surface area contributed by atoms with Gasteiger partial charge in [-0.2, -0.15) is 22.0 Å². The maximum Gasteiger partial charge on any atom is 0.405 e. The van der Waals surface area contributed by atoms with Gasteiger partial charge in [-0.25, -0.2) is 0 Å². The molecule has 4 N–H and O–H groups in total. The Kier molecular flexibility index (Phi) is 12.3. The highest BCUT2D eigenvalue weighted by molar-refractivity contribution is 6.30. The van der Waals surface area contributed by atoms with Crippen LogP contribution in [-0.2, 0) is 29.4 Å². The number of carbonyl (C=O) groups excluding carboxylic acids is 5. The van der Waals surface area contributed by atoms with E-state index in [1.54, 1.807) is 24.3 Å². The third kappa shape index (κ3) is 9.28. The second-order valence-corrected chi connectivity index (χ2v) is 12.2. The number of carbonyl (C=O) groups is 5. The zero-order valence-electron chi connectivity index (χ0n) is 26.1. The van der Waals surface area contributed by atoms with Crippen molar-refractivity contribution < 1.29 is 55.8 Å². The molecule has 3 rings (SSSR count). The zero-order chi connectivity index (χ0) is 36.0. The number of aliphatic hydroxyl groups excluding tert-OH is 1. The summed E-state index contributed by atoms with van der Waals surface area (Å²) in [6.07, 6.45) is -5.10. The van der Waals surface area contributed by atoms with E-state index in [-0.39, 0.29) is 5.56 Å². The number of aliphatic hydroxyl groups is 1. The molecule has 3 amide bonds. The third-order valence-corrected chi connectivity index (χ3v) is 8.27. The van der Waals surface area contributed by atoms with Crippen LogP contribution < -0.4 is 20.7 Å². The van der Waals surface area contributed by atoms with Crippen LogP contribution in [0.5, 0.6) is 5.75 Å². The number of ether oxygens (including phenoxy) is 1. The number of amides is 3. The molecular weight excluding hydrogens is 669 g/mol. The van der Waals surface area contributed by atoms with Crippen LogP contribution in [-0.4, -0.2) is 72.8 Å². The van der Waals surface area contributed by atoms with Crippen molar-refractivity contribution >= 4 is 40.9 Å². The minimum absolute atomic E-state index is 0.111. The predicted octanol–water partition coefficient (Wildman–Crippen LogP) is 3.83. The van der Waals surface area contributed by atoms with Gasteiger partial charge in [-0.3, -0.25) is 24.0 Å². The molecule has 2 aromatic carbocycles. The number of methoxy groups -OCH3 is 1. The first-order chi connectivity index (χ1) is 22.4. The first kappa shape index (κ1) is 38.3. The highest BCUT2D eigenvalue weighted by Crippen LogP contribution is 2.49. The number of rotatable bonds is 16. The molecule has 262 valence electrons. The van der Waals surface area contributed by atoms with Gasteiger partial charge in [0.05, 0.1) is 19.1 Å². The number of halogens is 6. The van der Waals surface area contributed by atoms with Gasteiger partial charge in [0.2, 0.25) is 17.6 Å². The van der Waals surface area contributed by atoms with Crippen molar-refractivity contribution in [2.75, 3.05) is 20.3 Å². The Morgan fingerprint density at radius 1 is 0.979 bits per heavy atom. The Bertz CT molecular complexity index is 1510. The van der Waals surface area contributed by atoms with E-state index in [0.29, 0.717) is 29.2 Å². The van der Waals surface area contributed by atoms with Crippen LogP contribution in [0.2, 0.25) is 5.02 Å². The number of nitrogens with one attached hydrogen (secondary N) is 3. The van der Waals surface area contributed by atoms with Gasteiger partial charge in [0.25, 0.3) is 5.91 Å². The lowest BCUT2D eigenvalue weighted by Gasteiger charge is -2.27. The van der Waals surface area contributed by atoms with Gasteiger partial charge in [0, 0.05) is 17.4 Å². The monoisotopic (exact) mass is 703 g/mol. The van der Waals surface area contributed by atoms with Crippen molar-refractivity contribution in [1.29, 1.82) is 0 Å². The first-order valence-corrected chi connectivity index (χ1v) is 15.2. The minimum atomic E-state index is -5.02. The van der Waals surface area contributed by atoms with E-state index >= 15 is 0 Å². The number of alkyl halides is 5. The molecule has 0 aromatic heterocycles. The smallest absolute Gasteiger partial charge is 0.405 e. The van der Waals surface area contributed by atoms with Crippen molar-refractivity contribution in [3.8, 4) is 5.75 Å². The van der Waals surface area contributed by atoms with Gasteiger partial charge >= 0.3 is 12.1 Å². The van der Waals surface area contributed by atoms with E-state index in [1.165, 1.54) is 45.2 Å². The molecule has 0 heterocycles. The van der Waals surface area contributed by atoms with Crippen molar-refractivity contribution in [3.63, 3.8) is 0 Å². The fourth-order valence-corrected chi connectivity index (χ4v) is 5.23. The SMILES string of the molecule is COc1ccc([C@H](NC(=O)[C@H](CO)NC(=O)C2(c3cccc(Cl)c3)CC2)C(=O)C[C@H](C(=O)C(F)(F)C(=O)NCC(F)(F)F)C(C)C)cc1. The van der Waals surface area contributed by atoms with Crippen LogP contribution in [0.4, 0.5) is 22.0 Å². The molecular formula is C32H35ClF5N3O7. The summed E-state index contributed by atoms with van der Waals surface area (Å²) in [5.74, 6) is -14.6. The topological polar surface area (TPSA) is 151 Å². The van der Waals surface area contributed by atoms with E-state index in [2.05, 4.69) is 10.6 Å². The summed E-state index contributed by atoms with van der Waals surface area (Å²) in [4.78, 5) is 65.1. The molecule has 0 spiro atoms. The predicted molar refractivity (Wildman–Crippen MR) is 162 cm³/mol. The highest BCUT2D eigenvalue weighted by Gasteiger charge is 2.53. The van der Waals surface area contributed by atoms with Gasteiger partial charge < -0.3 is 25.8 Å². The lowest BCUT2D eigenvalue weighted by atomic mass is 9.82. The van der Waals surface area contributed by atoms with E-state index in [0.717, 1.165) is 5.32 Å². The number of ketones is 2. The molecule has 0 saturated heterocycles. The summed E-state index contributed by atoms with van der Waals surface area (Å²) in [6.45, 7) is -0.398. The average Bonchev–Trinajstić information content (AvgIpc) is 3.85. The zero-order valence-corrected chi connectivity index (χ0v) is 26.9. The van der Waals surface area contributed by atoms with Gasteiger partial charge in [-0.05, 0) is 54.2 Å². The number of hydrogen-bond acceptors (Lipinski definition) is 7. The van der Waals surface area contributed by atoms with Gasteiger partial charge in [-0.15, -0.1) is 0 Å². The van der Waals surface area contributed by atoms with Crippen molar-refractivity contribution in [1.82, 2.24) is 16.0 Å². The Labute approximate surface area is 277 Å². The Morgan fingerprint density at radius 2 is 1.60 bits per heavy atom. The molecule has 1 aliphatic carbocycles. The molecule has 0 radical (unpaired) electrons. The van der Waals surface area contributed by atoms with Crippen molar-refractivity contribution in [2.24, 2.45) is 11.8 Å². The van der Waals surface area contributed by atoms with Crippen molar-refractivity contribution in [3.05, 3.63) is 64.7 Å². The van der Waals surface area contributed by atoms with Crippen molar-refractivity contribution in [2.45, 2.75) is 62.7 Å². The molecule has 10 nitrogen and oxygen atoms in total. The molecule has 3 atom stereocenters. The second-order valence-electron chi connectivity index (χ2n) is 11.8. The quantitative estimate of drug-likeness (QED) is 0.153. The Hall–Kier alpha value is -4.11. The molecule has 48 heavy (non-hydrogen) atoms. The van der Waals surface area contributed by atoms with Gasteiger partial charge in [-0.1, -0.05) is 49.7 Å². The molecule has 1 aliphatic rings.